The van der Waals surface area contributed by atoms with Gasteiger partial charge in [0.05, 0.1) is 11.4 Å². The van der Waals surface area contributed by atoms with Gasteiger partial charge in [-0.2, -0.15) is 0 Å². The van der Waals surface area contributed by atoms with E-state index in [0.29, 0.717) is 17.3 Å². The molecule has 2 heterocycles. The van der Waals surface area contributed by atoms with Crippen molar-refractivity contribution < 1.29 is 4.74 Å². The van der Waals surface area contributed by atoms with Crippen molar-refractivity contribution in [3.63, 3.8) is 0 Å². The van der Waals surface area contributed by atoms with E-state index in [9.17, 15) is 0 Å². The minimum atomic E-state index is 0.440. The lowest BCUT2D eigenvalue weighted by Gasteiger charge is -2.11. The minimum Gasteiger partial charge on any atom is -0.435 e. The lowest BCUT2D eigenvalue weighted by atomic mass is 10.2. The van der Waals surface area contributed by atoms with Gasteiger partial charge in [-0.05, 0) is 44.0 Å². The molecular formula is C14H17N3O. The average molecular weight is 243 g/mol. The Morgan fingerprint density at radius 2 is 2.00 bits per heavy atom. The summed E-state index contributed by atoms with van der Waals surface area (Å²) in [5.74, 6) is 1.16. The molecule has 0 bridgehead atoms. The highest BCUT2D eigenvalue weighted by atomic mass is 16.5. The van der Waals surface area contributed by atoms with Gasteiger partial charge >= 0.3 is 0 Å². The van der Waals surface area contributed by atoms with E-state index in [4.69, 9.17) is 10.5 Å². The number of rotatable bonds is 3. The molecule has 0 aromatic carbocycles. The maximum Gasteiger partial charge on any atom is 0.242 e. The molecule has 0 atom stereocenters. The Morgan fingerprint density at radius 3 is 2.72 bits per heavy atom. The molecule has 4 heteroatoms. The van der Waals surface area contributed by atoms with E-state index in [1.54, 1.807) is 6.20 Å². The van der Waals surface area contributed by atoms with Gasteiger partial charge in [0.2, 0.25) is 5.88 Å². The molecule has 0 spiro atoms. The van der Waals surface area contributed by atoms with Crippen molar-refractivity contribution in [3.05, 3.63) is 41.3 Å². The van der Waals surface area contributed by atoms with Crippen LogP contribution in [0.2, 0.25) is 0 Å². The van der Waals surface area contributed by atoms with Crippen molar-refractivity contribution in [2.45, 2.75) is 27.2 Å². The van der Waals surface area contributed by atoms with Gasteiger partial charge < -0.3 is 10.5 Å². The third-order valence-corrected chi connectivity index (χ3v) is 2.78. The molecule has 0 saturated carbocycles. The largest absolute Gasteiger partial charge is 0.435 e. The van der Waals surface area contributed by atoms with Gasteiger partial charge in [0, 0.05) is 11.9 Å². The van der Waals surface area contributed by atoms with E-state index in [1.807, 2.05) is 39.0 Å². The van der Waals surface area contributed by atoms with Crippen molar-refractivity contribution in [1.82, 2.24) is 9.97 Å². The predicted octanol–water partition coefficient (Wildman–Crippen LogP) is 3.03. The maximum absolute atomic E-state index is 5.94. The zero-order valence-corrected chi connectivity index (χ0v) is 10.9. The van der Waals surface area contributed by atoms with Crippen LogP contribution in [0.3, 0.4) is 0 Å². The van der Waals surface area contributed by atoms with E-state index < -0.39 is 0 Å². The molecule has 2 aromatic rings. The van der Waals surface area contributed by atoms with E-state index in [0.717, 1.165) is 23.4 Å². The topological polar surface area (TPSA) is 61.0 Å². The second kappa shape index (κ2) is 5.04. The number of hydrogen-bond donors (Lipinski definition) is 1. The zero-order valence-electron chi connectivity index (χ0n) is 10.9. The van der Waals surface area contributed by atoms with E-state index in [1.165, 1.54) is 0 Å². The number of aromatic nitrogens is 2. The van der Waals surface area contributed by atoms with Crippen LogP contribution in [0.4, 0.5) is 5.69 Å². The van der Waals surface area contributed by atoms with Gasteiger partial charge in [-0.3, -0.25) is 4.98 Å². The molecule has 0 unspecified atom stereocenters. The standard InChI is InChI=1S/C14H17N3O/c1-4-11-12(6-5-10(3)17-11)18-14-13(15)9(2)7-8-16-14/h5-8H,4,15H2,1-3H3. The Hall–Kier alpha value is -2.10. The quantitative estimate of drug-likeness (QED) is 0.900. The smallest absolute Gasteiger partial charge is 0.242 e. The van der Waals surface area contributed by atoms with Crippen LogP contribution in [0.15, 0.2) is 24.4 Å². The summed E-state index contributed by atoms with van der Waals surface area (Å²) in [5.41, 5.74) is 9.36. The van der Waals surface area contributed by atoms with Gasteiger partial charge in [-0.25, -0.2) is 4.98 Å². The van der Waals surface area contributed by atoms with Gasteiger partial charge in [0.25, 0.3) is 0 Å². The van der Waals surface area contributed by atoms with Crippen LogP contribution in [-0.2, 0) is 6.42 Å². The van der Waals surface area contributed by atoms with Crippen LogP contribution >= 0.6 is 0 Å². The Labute approximate surface area is 107 Å². The van der Waals surface area contributed by atoms with Crippen LogP contribution in [0, 0.1) is 13.8 Å². The second-order valence-electron chi connectivity index (χ2n) is 4.20. The first kappa shape index (κ1) is 12.4. The van der Waals surface area contributed by atoms with Crippen LogP contribution in [0.1, 0.15) is 23.9 Å². The molecule has 4 nitrogen and oxygen atoms in total. The highest BCUT2D eigenvalue weighted by Gasteiger charge is 2.09. The van der Waals surface area contributed by atoms with Gasteiger partial charge in [0.15, 0.2) is 5.75 Å². The number of ether oxygens (including phenoxy) is 1. The number of hydrogen-bond acceptors (Lipinski definition) is 4. The number of nitrogens with two attached hydrogens (primary N) is 1. The summed E-state index contributed by atoms with van der Waals surface area (Å²) >= 11 is 0. The minimum absolute atomic E-state index is 0.440. The molecule has 2 rings (SSSR count). The maximum atomic E-state index is 5.94. The number of aryl methyl sites for hydroxylation is 3. The van der Waals surface area contributed by atoms with Gasteiger partial charge in [-0.1, -0.05) is 6.92 Å². The molecule has 0 radical (unpaired) electrons. The Kier molecular flexibility index (Phi) is 3.46. The van der Waals surface area contributed by atoms with Crippen molar-refractivity contribution in [2.24, 2.45) is 0 Å². The van der Waals surface area contributed by atoms with Crippen LogP contribution in [-0.4, -0.2) is 9.97 Å². The third-order valence-electron chi connectivity index (χ3n) is 2.78. The molecule has 0 aliphatic carbocycles. The van der Waals surface area contributed by atoms with Gasteiger partial charge in [-0.15, -0.1) is 0 Å². The fourth-order valence-electron chi connectivity index (χ4n) is 1.67. The molecule has 0 amide bonds. The van der Waals surface area contributed by atoms with Crippen LogP contribution < -0.4 is 10.5 Å². The molecule has 2 N–H and O–H groups in total. The van der Waals surface area contributed by atoms with Crippen LogP contribution in [0.5, 0.6) is 11.6 Å². The molecular weight excluding hydrogens is 226 g/mol. The molecule has 0 saturated heterocycles. The van der Waals surface area contributed by atoms with Crippen molar-refractivity contribution in [3.8, 4) is 11.6 Å². The van der Waals surface area contributed by atoms with Crippen molar-refractivity contribution >= 4 is 5.69 Å². The zero-order chi connectivity index (χ0) is 13.1. The number of anilines is 1. The monoisotopic (exact) mass is 243 g/mol. The predicted molar refractivity (Wildman–Crippen MR) is 71.8 cm³/mol. The summed E-state index contributed by atoms with van der Waals surface area (Å²) in [6, 6.07) is 5.68. The molecule has 0 aliphatic heterocycles. The Balaban J connectivity index is 2.37. The van der Waals surface area contributed by atoms with E-state index in [2.05, 4.69) is 9.97 Å². The summed E-state index contributed by atoms with van der Waals surface area (Å²) in [4.78, 5) is 8.60. The SMILES string of the molecule is CCc1nc(C)ccc1Oc1nccc(C)c1N. The molecule has 0 fully saturated rings. The third kappa shape index (κ3) is 2.42. The Bertz CT molecular complexity index is 567. The van der Waals surface area contributed by atoms with E-state index in [-0.39, 0.29) is 0 Å². The lowest BCUT2D eigenvalue weighted by molar-refractivity contribution is 0.456. The highest BCUT2D eigenvalue weighted by molar-refractivity contribution is 5.55. The number of nitrogen functional groups attached to an aromatic ring is 1. The molecule has 18 heavy (non-hydrogen) atoms. The summed E-state index contributed by atoms with van der Waals surface area (Å²) in [5, 5.41) is 0. The number of pyridine rings is 2. The highest BCUT2D eigenvalue weighted by Crippen LogP contribution is 2.29. The first-order valence-corrected chi connectivity index (χ1v) is 5.97. The summed E-state index contributed by atoms with van der Waals surface area (Å²) in [7, 11) is 0. The Morgan fingerprint density at radius 1 is 1.22 bits per heavy atom. The lowest BCUT2D eigenvalue weighted by Crippen LogP contribution is -2.00. The first-order chi connectivity index (χ1) is 8.61. The summed E-state index contributed by atoms with van der Waals surface area (Å²) in [6.45, 7) is 5.93. The van der Waals surface area contributed by atoms with Gasteiger partial charge in [0.1, 0.15) is 0 Å². The number of nitrogens with zero attached hydrogens (tertiary/aromatic N) is 2. The van der Waals surface area contributed by atoms with Crippen molar-refractivity contribution in [1.29, 1.82) is 0 Å². The fraction of sp³-hybridized carbons (Fsp3) is 0.286. The average Bonchev–Trinajstić information content (AvgIpc) is 2.37. The van der Waals surface area contributed by atoms with Crippen molar-refractivity contribution in [2.75, 3.05) is 5.73 Å². The molecule has 0 aliphatic rings. The first-order valence-electron chi connectivity index (χ1n) is 5.97. The fourth-order valence-corrected chi connectivity index (χ4v) is 1.67. The summed E-state index contributed by atoms with van der Waals surface area (Å²) < 4.78 is 5.77. The normalized spacial score (nSPS) is 10.4. The molecule has 94 valence electrons. The van der Waals surface area contributed by atoms with Crippen LogP contribution in [0.25, 0.3) is 0 Å². The van der Waals surface area contributed by atoms with E-state index >= 15 is 0 Å². The second-order valence-corrected chi connectivity index (χ2v) is 4.20. The molecule has 2 aromatic heterocycles. The summed E-state index contributed by atoms with van der Waals surface area (Å²) in [6.07, 6.45) is 2.50.